The molecule has 0 unspecified atom stereocenters. The molecule has 1 aliphatic carbocycles. The van der Waals surface area contributed by atoms with Crippen molar-refractivity contribution in [1.82, 2.24) is 0 Å². The fourth-order valence-corrected chi connectivity index (χ4v) is 3.56. The highest BCUT2D eigenvalue weighted by atomic mass is 32.1. The van der Waals surface area contributed by atoms with Crippen LogP contribution >= 0.6 is 11.3 Å². The van der Waals surface area contributed by atoms with Crippen molar-refractivity contribution in [2.75, 3.05) is 0 Å². The molecule has 3 nitrogen and oxygen atoms in total. The zero-order valence-corrected chi connectivity index (χ0v) is 12.8. The van der Waals surface area contributed by atoms with E-state index >= 15 is 0 Å². The van der Waals surface area contributed by atoms with Crippen molar-refractivity contribution in [2.24, 2.45) is 0 Å². The molecule has 0 aromatic carbocycles. The lowest BCUT2D eigenvalue weighted by atomic mass is 9.79. The Morgan fingerprint density at radius 1 is 1.11 bits per heavy atom. The lowest BCUT2D eigenvalue weighted by molar-refractivity contribution is -0.0354. The lowest BCUT2D eigenvalue weighted by Crippen LogP contribution is -2.41. The van der Waals surface area contributed by atoms with Crippen LogP contribution in [0.25, 0.3) is 0 Å². The van der Waals surface area contributed by atoms with Crippen LogP contribution in [0.1, 0.15) is 51.8 Å². The topological polar surface area (TPSA) is 38.7 Å². The van der Waals surface area contributed by atoms with Crippen LogP contribution in [0.15, 0.2) is 12.1 Å². The van der Waals surface area contributed by atoms with Crippen molar-refractivity contribution >= 4 is 23.2 Å². The molecule has 2 fully saturated rings. The van der Waals surface area contributed by atoms with Gasteiger partial charge in [0, 0.05) is 9.65 Å². The molecule has 0 spiro atoms. The van der Waals surface area contributed by atoms with Crippen LogP contribution in [0.2, 0.25) is 0 Å². The molecule has 1 aromatic rings. The van der Waals surface area contributed by atoms with Gasteiger partial charge in [0.05, 0.1) is 16.8 Å². The monoisotopic (exact) mass is 280 g/mol. The minimum absolute atomic E-state index is 0.310. The third kappa shape index (κ3) is 2.07. The molecule has 1 saturated heterocycles. The van der Waals surface area contributed by atoms with Gasteiger partial charge in [0.15, 0.2) is 0 Å². The lowest BCUT2D eigenvalue weighted by Gasteiger charge is -2.35. The molecule has 0 atom stereocenters. The summed E-state index contributed by atoms with van der Waals surface area (Å²) < 4.78 is 13.1. The predicted octanol–water partition coefficient (Wildman–Crippen LogP) is 2.42. The summed E-state index contributed by atoms with van der Waals surface area (Å²) in [4.78, 5) is 1.04. The maximum Gasteiger partial charge on any atom is 0.505 e. The van der Waals surface area contributed by atoms with E-state index in [1.165, 1.54) is 0 Å². The van der Waals surface area contributed by atoms with Crippen LogP contribution in [0, 0.1) is 0 Å². The molecule has 3 rings (SSSR count). The van der Waals surface area contributed by atoms with Gasteiger partial charge < -0.3 is 14.4 Å². The molecule has 0 amide bonds. The summed E-state index contributed by atoms with van der Waals surface area (Å²) in [6.45, 7) is 8.23. The molecular weight excluding hydrogens is 259 g/mol. The van der Waals surface area contributed by atoms with E-state index in [9.17, 15) is 5.11 Å². The highest BCUT2D eigenvalue weighted by Crippen LogP contribution is 2.43. The number of thiophene rings is 1. The highest BCUT2D eigenvalue weighted by molar-refractivity contribution is 7.22. The molecule has 1 N–H and O–H groups in total. The Balaban J connectivity index is 1.81. The Kier molecular flexibility index (Phi) is 2.92. The van der Waals surface area contributed by atoms with E-state index in [0.717, 1.165) is 28.9 Å². The Labute approximate surface area is 119 Å². The number of hydrogen-bond acceptors (Lipinski definition) is 4. The first-order valence-electron chi connectivity index (χ1n) is 6.92. The van der Waals surface area contributed by atoms with E-state index in [4.69, 9.17) is 9.31 Å². The molecule has 0 bridgehead atoms. The highest BCUT2D eigenvalue weighted by Gasteiger charge is 2.52. The average Bonchev–Trinajstić information content (AvgIpc) is 2.79. The minimum Gasteiger partial charge on any atom is -0.399 e. The molecule has 1 aliphatic heterocycles. The fourth-order valence-electron chi connectivity index (χ4n) is 2.45. The van der Waals surface area contributed by atoms with E-state index in [1.54, 1.807) is 11.3 Å². The maximum atomic E-state index is 10.4. The van der Waals surface area contributed by atoms with Crippen molar-refractivity contribution in [3.05, 3.63) is 17.0 Å². The van der Waals surface area contributed by atoms with E-state index in [-0.39, 0.29) is 18.3 Å². The van der Waals surface area contributed by atoms with Gasteiger partial charge in [0.2, 0.25) is 0 Å². The first-order chi connectivity index (χ1) is 8.74. The molecule has 19 heavy (non-hydrogen) atoms. The third-order valence-electron chi connectivity index (χ3n) is 4.75. The minimum atomic E-state index is -0.591. The van der Waals surface area contributed by atoms with E-state index in [1.807, 2.05) is 12.1 Å². The van der Waals surface area contributed by atoms with Crippen LogP contribution in [0.4, 0.5) is 0 Å². The number of rotatable bonds is 2. The van der Waals surface area contributed by atoms with Gasteiger partial charge in [0.1, 0.15) is 0 Å². The Morgan fingerprint density at radius 2 is 1.68 bits per heavy atom. The Morgan fingerprint density at radius 3 is 2.16 bits per heavy atom. The summed E-state index contributed by atoms with van der Waals surface area (Å²) in [7, 11) is -0.313. The van der Waals surface area contributed by atoms with Gasteiger partial charge in [-0.1, -0.05) is 6.07 Å². The molecule has 2 aliphatic rings. The summed E-state index contributed by atoms with van der Waals surface area (Å²) >= 11 is 1.61. The van der Waals surface area contributed by atoms with Gasteiger partial charge in [0.25, 0.3) is 0 Å². The van der Waals surface area contributed by atoms with Crippen molar-refractivity contribution in [3.8, 4) is 0 Å². The Bertz CT molecular complexity index is 475. The summed E-state index contributed by atoms with van der Waals surface area (Å²) in [5, 5.41) is 10.4. The normalized spacial score (nSPS) is 27.3. The third-order valence-corrected chi connectivity index (χ3v) is 6.05. The van der Waals surface area contributed by atoms with Crippen LogP contribution in [-0.4, -0.2) is 23.4 Å². The zero-order valence-electron chi connectivity index (χ0n) is 12.0. The Hall–Kier alpha value is -0.355. The molecule has 5 heteroatoms. The van der Waals surface area contributed by atoms with Crippen LogP contribution in [0.3, 0.4) is 0 Å². The molecule has 1 saturated carbocycles. The standard InChI is InChI=1S/C14H21BO3S/c1-12(2)13(3,4)18-15(17-12)11-7-6-10(19-11)14(16)8-5-9-14/h6-7,16H,5,8-9H2,1-4H3. The molecule has 0 radical (unpaired) electrons. The second-order valence-electron chi connectivity index (χ2n) is 6.68. The second kappa shape index (κ2) is 4.07. The van der Waals surface area contributed by atoms with Crippen molar-refractivity contribution < 1.29 is 14.4 Å². The van der Waals surface area contributed by atoms with Gasteiger partial charge in [-0.25, -0.2) is 0 Å². The average molecular weight is 280 g/mol. The number of aliphatic hydroxyl groups is 1. The van der Waals surface area contributed by atoms with Gasteiger partial charge >= 0.3 is 7.12 Å². The first kappa shape index (κ1) is 13.6. The van der Waals surface area contributed by atoms with Crippen molar-refractivity contribution in [2.45, 2.75) is 63.8 Å². The summed E-state index contributed by atoms with van der Waals surface area (Å²) in [5.74, 6) is 0. The molecule has 104 valence electrons. The van der Waals surface area contributed by atoms with Gasteiger partial charge in [-0.05, 0) is 53.0 Å². The van der Waals surface area contributed by atoms with Gasteiger partial charge in [-0.2, -0.15) is 0 Å². The van der Waals surface area contributed by atoms with E-state index in [2.05, 4.69) is 27.7 Å². The second-order valence-corrected chi connectivity index (χ2v) is 7.79. The van der Waals surface area contributed by atoms with Crippen molar-refractivity contribution in [1.29, 1.82) is 0 Å². The fraction of sp³-hybridized carbons (Fsp3) is 0.714. The van der Waals surface area contributed by atoms with E-state index in [0.29, 0.717) is 0 Å². The molecular formula is C14H21BO3S. The first-order valence-corrected chi connectivity index (χ1v) is 7.73. The number of hydrogen-bond donors (Lipinski definition) is 1. The van der Waals surface area contributed by atoms with Crippen LogP contribution in [0.5, 0.6) is 0 Å². The van der Waals surface area contributed by atoms with Gasteiger partial charge in [-0.3, -0.25) is 0 Å². The largest absolute Gasteiger partial charge is 0.505 e. The van der Waals surface area contributed by atoms with Crippen LogP contribution in [-0.2, 0) is 14.9 Å². The van der Waals surface area contributed by atoms with Gasteiger partial charge in [-0.15, -0.1) is 11.3 Å². The predicted molar refractivity (Wildman–Crippen MR) is 77.8 cm³/mol. The van der Waals surface area contributed by atoms with Crippen molar-refractivity contribution in [3.63, 3.8) is 0 Å². The maximum absolute atomic E-state index is 10.4. The quantitative estimate of drug-likeness (QED) is 0.846. The molecule has 1 aromatic heterocycles. The molecule has 2 heterocycles. The van der Waals surface area contributed by atoms with Crippen LogP contribution < -0.4 is 4.78 Å². The smallest absolute Gasteiger partial charge is 0.399 e. The summed E-state index contributed by atoms with van der Waals surface area (Å²) in [6.07, 6.45) is 2.85. The summed E-state index contributed by atoms with van der Waals surface area (Å²) in [5.41, 5.74) is -1.21. The summed E-state index contributed by atoms with van der Waals surface area (Å²) in [6, 6.07) is 4.04. The van der Waals surface area contributed by atoms with E-state index < -0.39 is 5.60 Å². The SMILES string of the molecule is CC1(C)OB(c2ccc(C3(O)CCC3)s2)OC1(C)C. The zero-order chi connectivity index (χ0) is 13.9.